The number of carbonyl (C=O) groups excluding carboxylic acids is 1. The van der Waals surface area contributed by atoms with E-state index >= 15 is 0 Å². The number of aromatic nitrogens is 1. The number of hydrogen-bond donors (Lipinski definition) is 2. The van der Waals surface area contributed by atoms with Crippen LogP contribution >= 0.6 is 11.6 Å². The summed E-state index contributed by atoms with van der Waals surface area (Å²) >= 11 is 5.80. The number of pyridine rings is 1. The molecule has 0 bridgehead atoms. The highest BCUT2D eigenvalue weighted by Crippen LogP contribution is 2.09. The molecule has 2 N–H and O–H groups in total. The SMILES string of the molecule is CNc1ccc(C(=O)NCc2ccc(Cl)cc2)cn1. The molecule has 0 saturated heterocycles. The highest BCUT2D eigenvalue weighted by atomic mass is 35.5. The average Bonchev–Trinajstić information content (AvgIpc) is 2.46. The van der Waals surface area contributed by atoms with Crippen molar-refractivity contribution < 1.29 is 4.79 Å². The maximum atomic E-state index is 11.9. The molecule has 0 aliphatic heterocycles. The fourth-order valence-corrected chi connectivity index (χ4v) is 1.69. The molecule has 0 unspecified atom stereocenters. The number of carbonyl (C=O) groups is 1. The molecule has 0 radical (unpaired) electrons. The summed E-state index contributed by atoms with van der Waals surface area (Å²) in [6.45, 7) is 0.462. The first-order chi connectivity index (χ1) is 9.19. The number of benzene rings is 1. The molecule has 0 spiro atoms. The second-order valence-electron chi connectivity index (χ2n) is 3.99. The molecule has 4 nitrogen and oxygen atoms in total. The predicted molar refractivity (Wildman–Crippen MR) is 76.4 cm³/mol. The van der Waals surface area contributed by atoms with E-state index in [0.717, 1.165) is 11.4 Å². The van der Waals surface area contributed by atoms with E-state index in [4.69, 9.17) is 11.6 Å². The summed E-state index contributed by atoms with van der Waals surface area (Å²) in [6.07, 6.45) is 1.54. The van der Waals surface area contributed by atoms with Crippen molar-refractivity contribution in [2.45, 2.75) is 6.54 Å². The molecule has 5 heteroatoms. The highest BCUT2D eigenvalue weighted by Gasteiger charge is 2.05. The van der Waals surface area contributed by atoms with E-state index in [2.05, 4.69) is 15.6 Å². The Labute approximate surface area is 116 Å². The van der Waals surface area contributed by atoms with Gasteiger partial charge in [-0.2, -0.15) is 0 Å². The van der Waals surface area contributed by atoms with Crippen LogP contribution in [0, 0.1) is 0 Å². The Kier molecular flexibility index (Phi) is 4.36. The van der Waals surface area contributed by atoms with Crippen LogP contribution in [0.5, 0.6) is 0 Å². The van der Waals surface area contributed by atoms with Crippen molar-refractivity contribution in [1.82, 2.24) is 10.3 Å². The molecular formula is C14H14ClN3O. The van der Waals surface area contributed by atoms with Crippen molar-refractivity contribution in [1.29, 1.82) is 0 Å². The molecule has 19 heavy (non-hydrogen) atoms. The van der Waals surface area contributed by atoms with Gasteiger partial charge in [-0.3, -0.25) is 4.79 Å². The molecule has 0 fully saturated rings. The molecule has 1 aromatic carbocycles. The fraction of sp³-hybridized carbons (Fsp3) is 0.143. The zero-order chi connectivity index (χ0) is 13.7. The van der Waals surface area contributed by atoms with Gasteiger partial charge in [-0.05, 0) is 29.8 Å². The molecule has 1 aromatic heterocycles. The Bertz CT molecular complexity index is 552. The second-order valence-corrected chi connectivity index (χ2v) is 4.43. The topological polar surface area (TPSA) is 54.0 Å². The molecule has 1 amide bonds. The summed E-state index contributed by atoms with van der Waals surface area (Å²) < 4.78 is 0. The zero-order valence-electron chi connectivity index (χ0n) is 10.5. The quantitative estimate of drug-likeness (QED) is 0.902. The van der Waals surface area contributed by atoms with Gasteiger partial charge in [-0.1, -0.05) is 23.7 Å². The second kappa shape index (κ2) is 6.20. The van der Waals surface area contributed by atoms with E-state index in [0.29, 0.717) is 17.1 Å². The summed E-state index contributed by atoms with van der Waals surface area (Å²) in [7, 11) is 1.78. The van der Waals surface area contributed by atoms with Crippen molar-refractivity contribution in [2.75, 3.05) is 12.4 Å². The summed E-state index contributed by atoms with van der Waals surface area (Å²) in [5, 5.41) is 6.41. The van der Waals surface area contributed by atoms with Crippen LogP contribution < -0.4 is 10.6 Å². The summed E-state index contributed by atoms with van der Waals surface area (Å²) in [5.74, 6) is 0.583. The third-order valence-corrected chi connectivity index (χ3v) is 2.90. The third-order valence-electron chi connectivity index (χ3n) is 2.65. The van der Waals surface area contributed by atoms with E-state index in [1.807, 2.05) is 12.1 Å². The van der Waals surface area contributed by atoms with Gasteiger partial charge in [0.1, 0.15) is 5.82 Å². The summed E-state index contributed by atoms with van der Waals surface area (Å²) in [6, 6.07) is 10.8. The van der Waals surface area contributed by atoms with Crippen LogP contribution in [0.1, 0.15) is 15.9 Å². The van der Waals surface area contributed by atoms with Crippen LogP contribution in [-0.4, -0.2) is 17.9 Å². The summed E-state index contributed by atoms with van der Waals surface area (Å²) in [5.41, 5.74) is 1.53. The number of nitrogens with zero attached hydrogens (tertiary/aromatic N) is 1. The minimum Gasteiger partial charge on any atom is -0.373 e. The van der Waals surface area contributed by atoms with Crippen molar-refractivity contribution >= 4 is 23.3 Å². The maximum Gasteiger partial charge on any atom is 0.253 e. The summed E-state index contributed by atoms with van der Waals surface area (Å²) in [4.78, 5) is 16.0. The van der Waals surface area contributed by atoms with Crippen LogP contribution in [0.3, 0.4) is 0 Å². The number of anilines is 1. The molecule has 0 aliphatic rings. The van der Waals surface area contributed by atoms with Gasteiger partial charge >= 0.3 is 0 Å². The molecule has 1 heterocycles. The van der Waals surface area contributed by atoms with Gasteiger partial charge < -0.3 is 10.6 Å². The molecule has 2 rings (SSSR count). The number of hydrogen-bond acceptors (Lipinski definition) is 3. The first-order valence-corrected chi connectivity index (χ1v) is 6.23. The van der Waals surface area contributed by atoms with Crippen molar-refractivity contribution in [3.8, 4) is 0 Å². The first-order valence-electron chi connectivity index (χ1n) is 5.85. The minimum atomic E-state index is -0.148. The van der Waals surface area contributed by atoms with E-state index in [-0.39, 0.29) is 5.91 Å². The van der Waals surface area contributed by atoms with Gasteiger partial charge in [0, 0.05) is 24.8 Å². The van der Waals surface area contributed by atoms with Gasteiger partial charge in [-0.25, -0.2) is 4.98 Å². The maximum absolute atomic E-state index is 11.9. The van der Waals surface area contributed by atoms with Crippen LogP contribution in [0.2, 0.25) is 5.02 Å². The van der Waals surface area contributed by atoms with E-state index < -0.39 is 0 Å². The number of halogens is 1. The minimum absolute atomic E-state index is 0.148. The van der Waals surface area contributed by atoms with Crippen LogP contribution in [0.15, 0.2) is 42.6 Å². The Balaban J connectivity index is 1.95. The van der Waals surface area contributed by atoms with Gasteiger partial charge in [0.2, 0.25) is 0 Å². The molecule has 98 valence electrons. The predicted octanol–water partition coefficient (Wildman–Crippen LogP) is 2.71. The molecular weight excluding hydrogens is 262 g/mol. The Morgan fingerprint density at radius 3 is 2.53 bits per heavy atom. The number of rotatable bonds is 4. The number of nitrogens with one attached hydrogen (secondary N) is 2. The lowest BCUT2D eigenvalue weighted by Gasteiger charge is -2.06. The molecule has 0 saturated carbocycles. The average molecular weight is 276 g/mol. The highest BCUT2D eigenvalue weighted by molar-refractivity contribution is 6.30. The lowest BCUT2D eigenvalue weighted by Crippen LogP contribution is -2.22. The van der Waals surface area contributed by atoms with Gasteiger partial charge in [0.25, 0.3) is 5.91 Å². The first kappa shape index (κ1) is 13.4. The van der Waals surface area contributed by atoms with Crippen LogP contribution in [0.4, 0.5) is 5.82 Å². The van der Waals surface area contributed by atoms with E-state index in [9.17, 15) is 4.79 Å². The monoisotopic (exact) mass is 275 g/mol. The lowest BCUT2D eigenvalue weighted by atomic mass is 10.2. The Hall–Kier alpha value is -2.07. The van der Waals surface area contributed by atoms with Crippen LogP contribution in [-0.2, 0) is 6.54 Å². The van der Waals surface area contributed by atoms with Gasteiger partial charge in [-0.15, -0.1) is 0 Å². The van der Waals surface area contributed by atoms with Crippen molar-refractivity contribution in [3.05, 3.63) is 58.7 Å². The number of amides is 1. The Morgan fingerprint density at radius 1 is 1.21 bits per heavy atom. The van der Waals surface area contributed by atoms with Crippen molar-refractivity contribution in [2.24, 2.45) is 0 Å². The fourth-order valence-electron chi connectivity index (χ4n) is 1.56. The third kappa shape index (κ3) is 3.69. The van der Waals surface area contributed by atoms with Gasteiger partial charge in [0.15, 0.2) is 0 Å². The van der Waals surface area contributed by atoms with Crippen molar-refractivity contribution in [3.63, 3.8) is 0 Å². The largest absolute Gasteiger partial charge is 0.373 e. The Morgan fingerprint density at radius 2 is 1.95 bits per heavy atom. The molecule has 0 atom stereocenters. The molecule has 0 aliphatic carbocycles. The van der Waals surface area contributed by atoms with Crippen LogP contribution in [0.25, 0.3) is 0 Å². The smallest absolute Gasteiger partial charge is 0.253 e. The standard InChI is InChI=1S/C14H14ClN3O/c1-16-13-7-4-11(9-17-13)14(19)18-8-10-2-5-12(15)6-3-10/h2-7,9H,8H2,1H3,(H,16,17)(H,18,19). The zero-order valence-corrected chi connectivity index (χ0v) is 11.2. The van der Waals surface area contributed by atoms with Gasteiger partial charge in [0.05, 0.1) is 5.56 Å². The van der Waals surface area contributed by atoms with E-state index in [1.54, 1.807) is 37.5 Å². The lowest BCUT2D eigenvalue weighted by molar-refractivity contribution is 0.0950. The normalized spacial score (nSPS) is 10.0. The van der Waals surface area contributed by atoms with E-state index in [1.165, 1.54) is 0 Å². The molecule has 2 aromatic rings.